The summed E-state index contributed by atoms with van der Waals surface area (Å²) in [4.78, 5) is 21.9. The Labute approximate surface area is 101 Å². The number of benzene rings is 1. The summed E-state index contributed by atoms with van der Waals surface area (Å²) in [6, 6.07) is 2.72. The zero-order chi connectivity index (χ0) is 12.6. The van der Waals surface area contributed by atoms with Crippen LogP contribution in [0.15, 0.2) is 24.3 Å². The number of ether oxygens (including phenoxy) is 1. The Morgan fingerprint density at radius 1 is 1.47 bits per heavy atom. The van der Waals surface area contributed by atoms with Crippen molar-refractivity contribution >= 4 is 29.2 Å². The summed E-state index contributed by atoms with van der Waals surface area (Å²) >= 11 is 5.94. The van der Waals surface area contributed by atoms with Gasteiger partial charge in [0.1, 0.15) is 6.10 Å². The Kier molecular flexibility index (Phi) is 2.77. The molecule has 0 aliphatic carbocycles. The van der Waals surface area contributed by atoms with Gasteiger partial charge in [-0.05, 0) is 18.2 Å². The van der Waals surface area contributed by atoms with Gasteiger partial charge in [-0.3, -0.25) is 0 Å². The number of cyclic esters (lactones) is 1. The van der Waals surface area contributed by atoms with Crippen molar-refractivity contribution in [3.05, 3.63) is 40.4 Å². The fourth-order valence-corrected chi connectivity index (χ4v) is 1.88. The van der Waals surface area contributed by atoms with Crippen LogP contribution in [-0.4, -0.2) is 17.0 Å². The van der Waals surface area contributed by atoms with Gasteiger partial charge in [0.05, 0.1) is 11.3 Å². The highest BCUT2D eigenvalue weighted by Gasteiger charge is 2.25. The van der Waals surface area contributed by atoms with Crippen LogP contribution in [0.3, 0.4) is 0 Å². The van der Waals surface area contributed by atoms with Crippen molar-refractivity contribution in [1.29, 1.82) is 0 Å². The molecule has 6 heteroatoms. The highest BCUT2D eigenvalue weighted by atomic mass is 35.5. The van der Waals surface area contributed by atoms with Gasteiger partial charge >= 0.3 is 11.9 Å². The lowest BCUT2D eigenvalue weighted by atomic mass is 10.0. The van der Waals surface area contributed by atoms with Crippen LogP contribution in [0.4, 0.5) is 5.69 Å². The number of halogens is 1. The van der Waals surface area contributed by atoms with Crippen LogP contribution in [0.25, 0.3) is 0 Å². The SMILES string of the molecule is Nc1c(C(=O)O)ccc(Cl)c1C1C=CC(=O)O1. The molecule has 0 saturated carbocycles. The first-order valence-electron chi connectivity index (χ1n) is 4.70. The lowest BCUT2D eigenvalue weighted by Crippen LogP contribution is -2.09. The third-order valence-corrected chi connectivity index (χ3v) is 2.73. The molecule has 1 aliphatic heterocycles. The van der Waals surface area contributed by atoms with Crippen LogP contribution >= 0.6 is 11.6 Å². The van der Waals surface area contributed by atoms with Gasteiger partial charge in [0.25, 0.3) is 0 Å². The highest BCUT2D eigenvalue weighted by molar-refractivity contribution is 6.32. The number of carbonyl (C=O) groups excluding carboxylic acids is 1. The van der Waals surface area contributed by atoms with E-state index in [9.17, 15) is 9.59 Å². The molecule has 88 valence electrons. The molecule has 0 fully saturated rings. The Morgan fingerprint density at radius 3 is 2.71 bits per heavy atom. The molecule has 1 aromatic carbocycles. The Morgan fingerprint density at radius 2 is 2.18 bits per heavy atom. The molecular weight excluding hydrogens is 246 g/mol. The first-order chi connectivity index (χ1) is 8.00. The number of nitrogens with two attached hydrogens (primary N) is 1. The van der Waals surface area contributed by atoms with Crippen LogP contribution in [-0.2, 0) is 9.53 Å². The average Bonchev–Trinajstić information content (AvgIpc) is 2.64. The number of carbonyl (C=O) groups is 2. The third kappa shape index (κ3) is 1.97. The predicted molar refractivity (Wildman–Crippen MR) is 60.8 cm³/mol. The summed E-state index contributed by atoms with van der Waals surface area (Å²) in [6.07, 6.45) is 1.99. The molecule has 1 unspecified atom stereocenters. The number of carboxylic acids is 1. The number of hydrogen-bond donors (Lipinski definition) is 2. The minimum atomic E-state index is -1.16. The van der Waals surface area contributed by atoms with Gasteiger partial charge in [0.15, 0.2) is 0 Å². The van der Waals surface area contributed by atoms with Crippen LogP contribution < -0.4 is 5.73 Å². The summed E-state index contributed by atoms with van der Waals surface area (Å²) in [5.41, 5.74) is 5.96. The zero-order valence-corrected chi connectivity index (χ0v) is 9.27. The second kappa shape index (κ2) is 4.10. The van der Waals surface area contributed by atoms with E-state index in [4.69, 9.17) is 27.2 Å². The first kappa shape index (κ1) is 11.5. The zero-order valence-electron chi connectivity index (χ0n) is 8.51. The normalized spacial score (nSPS) is 18.2. The molecular formula is C11H8ClNO4. The minimum Gasteiger partial charge on any atom is -0.478 e. The van der Waals surface area contributed by atoms with Gasteiger partial charge in [-0.25, -0.2) is 9.59 Å². The fraction of sp³-hybridized carbons (Fsp3) is 0.0909. The molecule has 0 saturated heterocycles. The van der Waals surface area contributed by atoms with E-state index in [0.717, 1.165) is 0 Å². The smallest absolute Gasteiger partial charge is 0.337 e. The summed E-state index contributed by atoms with van der Waals surface area (Å²) in [6.45, 7) is 0. The van der Waals surface area contributed by atoms with Gasteiger partial charge in [-0.2, -0.15) is 0 Å². The van der Waals surface area contributed by atoms with E-state index in [2.05, 4.69) is 0 Å². The summed E-state index contributed by atoms with van der Waals surface area (Å²) in [7, 11) is 0. The summed E-state index contributed by atoms with van der Waals surface area (Å²) in [5.74, 6) is -1.67. The standard InChI is InChI=1S/C11H8ClNO4/c12-6-2-1-5(11(15)16)10(13)9(6)7-3-4-8(14)17-7/h1-4,7H,13H2,(H,15,16). The van der Waals surface area contributed by atoms with Gasteiger partial charge < -0.3 is 15.6 Å². The summed E-state index contributed by atoms with van der Waals surface area (Å²) < 4.78 is 4.94. The number of rotatable bonds is 2. The molecule has 1 aromatic rings. The lowest BCUT2D eigenvalue weighted by molar-refractivity contribution is -0.138. The summed E-state index contributed by atoms with van der Waals surface area (Å²) in [5, 5.41) is 9.19. The number of aromatic carboxylic acids is 1. The molecule has 17 heavy (non-hydrogen) atoms. The van der Waals surface area contributed by atoms with E-state index >= 15 is 0 Å². The molecule has 2 rings (SSSR count). The number of anilines is 1. The second-order valence-electron chi connectivity index (χ2n) is 3.44. The number of nitrogen functional groups attached to an aromatic ring is 1. The Balaban J connectivity index is 2.53. The van der Waals surface area contributed by atoms with Crippen molar-refractivity contribution < 1.29 is 19.4 Å². The predicted octanol–water partition coefficient (Wildman–Crippen LogP) is 1.77. The molecule has 0 bridgehead atoms. The van der Waals surface area contributed by atoms with E-state index in [-0.39, 0.29) is 16.3 Å². The second-order valence-corrected chi connectivity index (χ2v) is 3.85. The Hall–Kier alpha value is -2.01. The molecule has 1 atom stereocenters. The number of hydrogen-bond acceptors (Lipinski definition) is 4. The van der Waals surface area contributed by atoms with Crippen molar-refractivity contribution in [2.75, 3.05) is 5.73 Å². The van der Waals surface area contributed by atoms with Crippen LogP contribution in [0.5, 0.6) is 0 Å². The molecule has 3 N–H and O–H groups in total. The first-order valence-corrected chi connectivity index (χ1v) is 5.08. The quantitative estimate of drug-likeness (QED) is 0.619. The molecule has 0 aromatic heterocycles. The van der Waals surface area contributed by atoms with E-state index < -0.39 is 18.0 Å². The lowest BCUT2D eigenvalue weighted by Gasteiger charge is -2.15. The van der Waals surface area contributed by atoms with Crippen molar-refractivity contribution in [2.24, 2.45) is 0 Å². The molecule has 0 radical (unpaired) electrons. The van der Waals surface area contributed by atoms with E-state index in [1.807, 2.05) is 0 Å². The molecule has 1 aliphatic rings. The van der Waals surface area contributed by atoms with Crippen LogP contribution in [0, 0.1) is 0 Å². The van der Waals surface area contributed by atoms with Gasteiger partial charge in [0.2, 0.25) is 0 Å². The van der Waals surface area contributed by atoms with E-state index in [1.54, 1.807) is 0 Å². The maximum Gasteiger partial charge on any atom is 0.337 e. The molecule has 0 amide bonds. The topological polar surface area (TPSA) is 89.6 Å². The third-order valence-electron chi connectivity index (χ3n) is 2.40. The molecule has 1 heterocycles. The van der Waals surface area contributed by atoms with Crippen molar-refractivity contribution in [3.63, 3.8) is 0 Å². The monoisotopic (exact) mass is 253 g/mol. The van der Waals surface area contributed by atoms with Crippen molar-refractivity contribution in [2.45, 2.75) is 6.10 Å². The van der Waals surface area contributed by atoms with Crippen LogP contribution in [0.2, 0.25) is 5.02 Å². The maximum absolute atomic E-state index is 11.0. The van der Waals surface area contributed by atoms with Crippen molar-refractivity contribution in [1.82, 2.24) is 0 Å². The van der Waals surface area contributed by atoms with Gasteiger partial charge in [-0.1, -0.05) is 11.6 Å². The molecule has 5 nitrogen and oxygen atoms in total. The fourth-order valence-electron chi connectivity index (χ4n) is 1.61. The molecule has 0 spiro atoms. The Bertz CT molecular complexity index is 539. The largest absolute Gasteiger partial charge is 0.478 e. The van der Waals surface area contributed by atoms with Gasteiger partial charge in [0, 0.05) is 16.7 Å². The average molecular weight is 254 g/mol. The minimum absolute atomic E-state index is 0.00866. The van der Waals surface area contributed by atoms with E-state index in [1.165, 1.54) is 24.3 Å². The van der Waals surface area contributed by atoms with E-state index in [0.29, 0.717) is 5.56 Å². The highest BCUT2D eigenvalue weighted by Crippen LogP contribution is 2.36. The maximum atomic E-state index is 11.0. The van der Waals surface area contributed by atoms with Gasteiger partial charge in [-0.15, -0.1) is 0 Å². The number of esters is 1. The number of carboxylic acid groups (broad SMARTS) is 1. The van der Waals surface area contributed by atoms with Crippen LogP contribution in [0.1, 0.15) is 22.0 Å². The van der Waals surface area contributed by atoms with Crippen molar-refractivity contribution in [3.8, 4) is 0 Å².